The van der Waals surface area contributed by atoms with Gasteiger partial charge in [-0.25, -0.2) is 0 Å². The number of hydrogen-bond acceptors (Lipinski definition) is 4. The van der Waals surface area contributed by atoms with Crippen LogP contribution in [0.4, 0.5) is 0 Å². The Hall–Kier alpha value is -1.10. The van der Waals surface area contributed by atoms with E-state index in [0.29, 0.717) is 13.1 Å². The summed E-state index contributed by atoms with van der Waals surface area (Å²) in [6.45, 7) is 2.83. The number of ether oxygens (including phenoxy) is 1. The number of para-hydroxylation sites is 1. The van der Waals surface area contributed by atoms with Gasteiger partial charge >= 0.3 is 0 Å². The van der Waals surface area contributed by atoms with E-state index in [0.717, 1.165) is 5.75 Å². The number of hydrogen-bond donors (Lipinski definition) is 3. The number of rotatable bonds is 7. The van der Waals surface area contributed by atoms with Crippen LogP contribution in [0.3, 0.4) is 0 Å². The van der Waals surface area contributed by atoms with Gasteiger partial charge in [0, 0.05) is 13.1 Å². The topological polar surface area (TPSA) is 61.7 Å². The third-order valence-electron chi connectivity index (χ3n) is 2.01. The maximum Gasteiger partial charge on any atom is 0.119 e. The van der Waals surface area contributed by atoms with E-state index in [1.165, 1.54) is 0 Å². The fourth-order valence-electron chi connectivity index (χ4n) is 1.23. The summed E-state index contributed by atoms with van der Waals surface area (Å²) < 4.78 is 5.37. The predicted molar refractivity (Wildman–Crippen MR) is 62.5 cm³/mol. The Kier molecular flexibility index (Phi) is 5.85. The molecule has 4 nitrogen and oxygen atoms in total. The zero-order valence-corrected chi connectivity index (χ0v) is 9.47. The van der Waals surface area contributed by atoms with Gasteiger partial charge in [-0.2, -0.15) is 0 Å². The Balaban J connectivity index is 2.13. The molecular formula is C12H19NO3. The van der Waals surface area contributed by atoms with Crippen LogP contribution in [-0.4, -0.2) is 42.1 Å². The van der Waals surface area contributed by atoms with Crippen LogP contribution in [-0.2, 0) is 0 Å². The van der Waals surface area contributed by atoms with E-state index in [-0.39, 0.29) is 6.61 Å². The third-order valence-corrected chi connectivity index (χ3v) is 2.01. The van der Waals surface area contributed by atoms with Crippen LogP contribution in [0.15, 0.2) is 30.3 Å². The van der Waals surface area contributed by atoms with E-state index in [9.17, 15) is 5.11 Å². The molecule has 0 saturated carbocycles. The molecule has 0 saturated heterocycles. The second-order valence-corrected chi connectivity index (χ2v) is 3.79. The molecule has 90 valence electrons. The molecule has 2 unspecified atom stereocenters. The van der Waals surface area contributed by atoms with Crippen LogP contribution in [0.25, 0.3) is 0 Å². The summed E-state index contributed by atoms with van der Waals surface area (Å²) in [5.74, 6) is 0.747. The molecule has 0 aromatic heterocycles. The predicted octanol–water partition coefficient (Wildman–Crippen LogP) is 0.397. The smallest absolute Gasteiger partial charge is 0.119 e. The lowest BCUT2D eigenvalue weighted by Crippen LogP contribution is -2.35. The Labute approximate surface area is 95.9 Å². The summed E-state index contributed by atoms with van der Waals surface area (Å²) in [4.78, 5) is 0. The fourth-order valence-corrected chi connectivity index (χ4v) is 1.23. The first-order valence-electron chi connectivity index (χ1n) is 5.43. The first-order chi connectivity index (χ1) is 7.68. The lowest BCUT2D eigenvalue weighted by atomic mass is 10.3. The molecule has 0 fully saturated rings. The molecule has 0 spiro atoms. The van der Waals surface area contributed by atoms with Crippen molar-refractivity contribution in [3.63, 3.8) is 0 Å². The average Bonchev–Trinajstić information content (AvgIpc) is 2.27. The van der Waals surface area contributed by atoms with Crippen molar-refractivity contribution in [2.75, 3.05) is 19.7 Å². The second kappa shape index (κ2) is 7.22. The standard InChI is InChI=1S/C12H19NO3/c1-10(14)7-13-8-11(15)9-16-12-5-3-2-4-6-12/h2-6,10-11,13-15H,7-9H2,1H3. The molecule has 0 aliphatic rings. The minimum Gasteiger partial charge on any atom is -0.491 e. The minimum atomic E-state index is -0.570. The number of benzene rings is 1. The summed E-state index contributed by atoms with van der Waals surface area (Å²) in [7, 11) is 0. The maximum absolute atomic E-state index is 9.55. The summed E-state index contributed by atoms with van der Waals surface area (Å²) >= 11 is 0. The highest BCUT2D eigenvalue weighted by Crippen LogP contribution is 2.08. The van der Waals surface area contributed by atoms with E-state index in [1.54, 1.807) is 6.92 Å². The first-order valence-corrected chi connectivity index (χ1v) is 5.43. The van der Waals surface area contributed by atoms with Gasteiger partial charge in [-0.05, 0) is 19.1 Å². The molecule has 0 aliphatic heterocycles. The number of aliphatic hydroxyl groups excluding tert-OH is 2. The molecule has 1 rings (SSSR count). The molecule has 4 heteroatoms. The van der Waals surface area contributed by atoms with E-state index < -0.39 is 12.2 Å². The quantitative estimate of drug-likeness (QED) is 0.628. The fraction of sp³-hybridized carbons (Fsp3) is 0.500. The van der Waals surface area contributed by atoms with E-state index in [1.807, 2.05) is 30.3 Å². The van der Waals surface area contributed by atoms with Gasteiger partial charge in [0.25, 0.3) is 0 Å². The van der Waals surface area contributed by atoms with Crippen molar-refractivity contribution in [1.29, 1.82) is 0 Å². The molecule has 16 heavy (non-hydrogen) atoms. The zero-order valence-electron chi connectivity index (χ0n) is 9.47. The molecule has 0 heterocycles. The van der Waals surface area contributed by atoms with Crippen LogP contribution in [0, 0.1) is 0 Å². The molecule has 2 atom stereocenters. The summed E-state index contributed by atoms with van der Waals surface area (Å²) in [6, 6.07) is 9.36. The normalized spacial score (nSPS) is 14.4. The van der Waals surface area contributed by atoms with Gasteiger partial charge in [0.15, 0.2) is 0 Å². The number of aliphatic hydroxyl groups is 2. The first kappa shape index (κ1) is 13.0. The Morgan fingerprint density at radius 2 is 1.88 bits per heavy atom. The molecule has 0 radical (unpaired) electrons. The Morgan fingerprint density at radius 1 is 1.19 bits per heavy atom. The van der Waals surface area contributed by atoms with Gasteiger partial charge < -0.3 is 20.3 Å². The average molecular weight is 225 g/mol. The van der Waals surface area contributed by atoms with Crippen LogP contribution in [0.5, 0.6) is 5.75 Å². The summed E-state index contributed by atoms with van der Waals surface area (Å²) in [5, 5.41) is 21.5. The molecule has 0 bridgehead atoms. The highest BCUT2D eigenvalue weighted by atomic mass is 16.5. The largest absolute Gasteiger partial charge is 0.491 e. The SMILES string of the molecule is CC(O)CNCC(O)COc1ccccc1. The van der Waals surface area contributed by atoms with Crippen LogP contribution < -0.4 is 10.1 Å². The van der Waals surface area contributed by atoms with Gasteiger partial charge in [0.05, 0.1) is 6.10 Å². The van der Waals surface area contributed by atoms with Crippen molar-refractivity contribution in [3.05, 3.63) is 30.3 Å². The van der Waals surface area contributed by atoms with E-state index in [2.05, 4.69) is 5.32 Å². The minimum absolute atomic E-state index is 0.247. The van der Waals surface area contributed by atoms with Gasteiger partial charge in [-0.15, -0.1) is 0 Å². The lowest BCUT2D eigenvalue weighted by Gasteiger charge is -2.13. The van der Waals surface area contributed by atoms with Crippen molar-refractivity contribution in [2.45, 2.75) is 19.1 Å². The van der Waals surface area contributed by atoms with Gasteiger partial charge in [-0.1, -0.05) is 18.2 Å². The van der Waals surface area contributed by atoms with Gasteiger partial charge in [0.1, 0.15) is 18.5 Å². The third kappa shape index (κ3) is 5.70. The van der Waals surface area contributed by atoms with Crippen LogP contribution in [0.2, 0.25) is 0 Å². The molecule has 3 N–H and O–H groups in total. The zero-order chi connectivity index (χ0) is 11.8. The van der Waals surface area contributed by atoms with Crippen molar-refractivity contribution >= 4 is 0 Å². The lowest BCUT2D eigenvalue weighted by molar-refractivity contribution is 0.101. The second-order valence-electron chi connectivity index (χ2n) is 3.79. The van der Waals surface area contributed by atoms with Crippen molar-refractivity contribution in [1.82, 2.24) is 5.32 Å². The highest BCUT2D eigenvalue weighted by molar-refractivity contribution is 5.20. The molecule has 1 aromatic rings. The van der Waals surface area contributed by atoms with Crippen molar-refractivity contribution in [3.8, 4) is 5.75 Å². The van der Waals surface area contributed by atoms with E-state index in [4.69, 9.17) is 9.84 Å². The Bertz CT molecular complexity index is 277. The summed E-state index contributed by atoms with van der Waals surface area (Å²) in [6.07, 6.45) is -0.971. The van der Waals surface area contributed by atoms with Crippen molar-refractivity contribution < 1.29 is 14.9 Å². The highest BCUT2D eigenvalue weighted by Gasteiger charge is 2.05. The van der Waals surface area contributed by atoms with E-state index >= 15 is 0 Å². The van der Waals surface area contributed by atoms with Crippen LogP contribution in [0.1, 0.15) is 6.92 Å². The molecule has 0 aliphatic carbocycles. The molecule has 1 aromatic carbocycles. The number of nitrogens with one attached hydrogen (secondary N) is 1. The maximum atomic E-state index is 9.55. The molecule has 0 amide bonds. The summed E-state index contributed by atoms with van der Waals surface area (Å²) in [5.41, 5.74) is 0. The Morgan fingerprint density at radius 3 is 2.50 bits per heavy atom. The van der Waals surface area contributed by atoms with Gasteiger partial charge in [-0.3, -0.25) is 0 Å². The monoisotopic (exact) mass is 225 g/mol. The van der Waals surface area contributed by atoms with Crippen LogP contribution >= 0.6 is 0 Å². The molecular weight excluding hydrogens is 206 g/mol. The van der Waals surface area contributed by atoms with Crippen molar-refractivity contribution in [2.24, 2.45) is 0 Å². The van der Waals surface area contributed by atoms with Gasteiger partial charge in [0.2, 0.25) is 0 Å².